The third-order valence-corrected chi connectivity index (χ3v) is 1.90. The molecule has 0 aliphatic carbocycles. The molecule has 0 aliphatic heterocycles. The first kappa shape index (κ1) is 13.3. The van der Waals surface area contributed by atoms with Crippen LogP contribution in [0.15, 0.2) is 12.1 Å². The Bertz CT molecular complexity index is 290. The van der Waals surface area contributed by atoms with Crippen LogP contribution in [-0.2, 0) is 6.54 Å². The molecule has 0 saturated carbocycles. The zero-order chi connectivity index (χ0) is 11.1. The van der Waals surface area contributed by atoms with E-state index in [0.29, 0.717) is 0 Å². The van der Waals surface area contributed by atoms with Crippen LogP contribution in [0.2, 0.25) is 5.02 Å². The Morgan fingerprint density at radius 3 is 2.21 bits per heavy atom. The summed E-state index contributed by atoms with van der Waals surface area (Å²) < 4.78 is 25.7. The van der Waals surface area contributed by atoms with Gasteiger partial charge >= 0.3 is 0 Å². The van der Waals surface area contributed by atoms with E-state index in [2.05, 4.69) is 5.32 Å². The van der Waals surface area contributed by atoms with Crippen molar-refractivity contribution in [1.29, 1.82) is 0 Å². The van der Waals surface area contributed by atoms with Gasteiger partial charge in [0.05, 0.1) is 5.02 Å². The largest absolute Gasteiger partial charge is 0.316 e. The summed E-state index contributed by atoms with van der Waals surface area (Å²) in [6, 6.07) is 2.07. The number of hydrogen-bond donors (Lipinski definition) is 1. The maximum Gasteiger partial charge on any atom is 0.142 e. The highest BCUT2D eigenvalue weighted by molar-refractivity contribution is 6.31. The summed E-state index contributed by atoms with van der Waals surface area (Å²) in [5.41, 5.74) is 0.166. The molecule has 80 valence electrons. The van der Waals surface area contributed by atoms with Crippen molar-refractivity contribution in [3.8, 4) is 0 Å². The predicted octanol–water partition coefficient (Wildman–Crippen LogP) is 3.36. The lowest BCUT2D eigenvalue weighted by Crippen LogP contribution is -2.08. The highest BCUT2D eigenvalue weighted by atomic mass is 35.5. The molecule has 0 atom stereocenters. The summed E-state index contributed by atoms with van der Waals surface area (Å²) >= 11 is 5.52. The Labute approximate surface area is 88.1 Å². The van der Waals surface area contributed by atoms with E-state index in [9.17, 15) is 8.78 Å². The number of nitrogens with one attached hydrogen (secondary N) is 1. The van der Waals surface area contributed by atoms with Crippen LogP contribution < -0.4 is 5.32 Å². The van der Waals surface area contributed by atoms with Gasteiger partial charge in [-0.2, -0.15) is 0 Å². The van der Waals surface area contributed by atoms with Crippen LogP contribution >= 0.6 is 11.6 Å². The first-order valence-electron chi connectivity index (χ1n) is 4.43. The number of hydrogen-bond acceptors (Lipinski definition) is 1. The summed E-state index contributed by atoms with van der Waals surface area (Å²) in [7, 11) is 1.64. The summed E-state index contributed by atoms with van der Waals surface area (Å²) in [5.74, 6) is -1.08. The molecule has 0 aliphatic rings. The smallest absolute Gasteiger partial charge is 0.142 e. The van der Waals surface area contributed by atoms with Gasteiger partial charge in [-0.1, -0.05) is 25.4 Å². The lowest BCUT2D eigenvalue weighted by Gasteiger charge is -2.04. The number of halogens is 3. The fraction of sp³-hybridized carbons (Fsp3) is 0.400. The van der Waals surface area contributed by atoms with Crippen molar-refractivity contribution < 1.29 is 8.78 Å². The molecule has 0 amide bonds. The minimum atomic E-state index is -0.594. The second-order valence-corrected chi connectivity index (χ2v) is 2.73. The average molecular weight is 222 g/mol. The molecule has 0 spiro atoms. The quantitative estimate of drug-likeness (QED) is 0.756. The number of rotatable bonds is 2. The van der Waals surface area contributed by atoms with E-state index in [4.69, 9.17) is 11.6 Å². The van der Waals surface area contributed by atoms with Gasteiger partial charge in [0.15, 0.2) is 0 Å². The molecule has 0 fully saturated rings. The third-order valence-electron chi connectivity index (χ3n) is 1.49. The molecule has 1 aromatic carbocycles. The second kappa shape index (κ2) is 6.74. The van der Waals surface area contributed by atoms with Crippen molar-refractivity contribution in [3.63, 3.8) is 0 Å². The van der Waals surface area contributed by atoms with Crippen molar-refractivity contribution in [3.05, 3.63) is 34.4 Å². The van der Waals surface area contributed by atoms with Crippen molar-refractivity contribution in [1.82, 2.24) is 5.32 Å². The normalized spacial score (nSPS) is 9.29. The maximum absolute atomic E-state index is 12.9. The van der Waals surface area contributed by atoms with Gasteiger partial charge < -0.3 is 5.32 Å². The Balaban J connectivity index is 0.000000791. The molecule has 0 saturated heterocycles. The van der Waals surface area contributed by atoms with Gasteiger partial charge in [0, 0.05) is 12.1 Å². The molecule has 0 radical (unpaired) electrons. The fourth-order valence-electron chi connectivity index (χ4n) is 0.908. The van der Waals surface area contributed by atoms with E-state index in [1.165, 1.54) is 0 Å². The fourth-order valence-corrected chi connectivity index (χ4v) is 1.13. The van der Waals surface area contributed by atoms with Crippen LogP contribution in [0.4, 0.5) is 8.78 Å². The predicted molar refractivity (Wildman–Crippen MR) is 55.5 cm³/mol. The molecule has 0 bridgehead atoms. The zero-order valence-electron chi connectivity index (χ0n) is 8.50. The van der Waals surface area contributed by atoms with E-state index in [1.54, 1.807) is 7.05 Å². The van der Waals surface area contributed by atoms with E-state index in [0.717, 1.165) is 12.1 Å². The lowest BCUT2D eigenvalue weighted by atomic mass is 10.2. The monoisotopic (exact) mass is 221 g/mol. The molecule has 1 aromatic rings. The molecular formula is C10H14ClF2N. The van der Waals surface area contributed by atoms with Gasteiger partial charge in [-0.3, -0.25) is 0 Å². The molecule has 0 aromatic heterocycles. The van der Waals surface area contributed by atoms with Crippen LogP contribution in [0.5, 0.6) is 0 Å². The highest BCUT2D eigenvalue weighted by Crippen LogP contribution is 2.22. The van der Waals surface area contributed by atoms with Crippen LogP contribution in [0.25, 0.3) is 0 Å². The van der Waals surface area contributed by atoms with Crippen molar-refractivity contribution >= 4 is 11.6 Å². The standard InChI is InChI=1S/C8H8ClF2N.C2H6/c1-12-4-5-6(10)2-3-7(11)8(5)9;1-2/h2-3,12H,4H2,1H3;1-2H3. The topological polar surface area (TPSA) is 12.0 Å². The van der Waals surface area contributed by atoms with Gasteiger partial charge in [-0.05, 0) is 19.2 Å². The average Bonchev–Trinajstić information content (AvgIpc) is 2.22. The molecule has 1 nitrogen and oxygen atoms in total. The molecule has 1 N–H and O–H groups in total. The SMILES string of the molecule is CC.CNCc1c(F)ccc(F)c1Cl. The molecule has 0 heterocycles. The highest BCUT2D eigenvalue weighted by Gasteiger charge is 2.10. The van der Waals surface area contributed by atoms with Crippen LogP contribution in [0.3, 0.4) is 0 Å². The lowest BCUT2D eigenvalue weighted by molar-refractivity contribution is 0.578. The van der Waals surface area contributed by atoms with Crippen LogP contribution in [0.1, 0.15) is 19.4 Å². The number of benzene rings is 1. The Kier molecular flexibility index (Phi) is 6.41. The Morgan fingerprint density at radius 1 is 1.21 bits per heavy atom. The Hall–Kier alpha value is -0.670. The van der Waals surface area contributed by atoms with E-state index < -0.39 is 11.6 Å². The molecule has 4 heteroatoms. The molecule has 0 unspecified atom stereocenters. The maximum atomic E-state index is 12.9. The van der Waals surface area contributed by atoms with Gasteiger partial charge in [0.25, 0.3) is 0 Å². The van der Waals surface area contributed by atoms with Gasteiger partial charge in [-0.25, -0.2) is 8.78 Å². The summed E-state index contributed by atoms with van der Waals surface area (Å²) in [4.78, 5) is 0. The molecule has 1 rings (SSSR count). The summed E-state index contributed by atoms with van der Waals surface area (Å²) in [5, 5.41) is 2.55. The minimum absolute atomic E-state index is 0.149. The van der Waals surface area contributed by atoms with Gasteiger partial charge in [0.1, 0.15) is 11.6 Å². The van der Waals surface area contributed by atoms with Crippen molar-refractivity contribution in [2.24, 2.45) is 0 Å². The van der Waals surface area contributed by atoms with Crippen molar-refractivity contribution in [2.75, 3.05) is 7.05 Å². The van der Waals surface area contributed by atoms with E-state index in [-0.39, 0.29) is 17.1 Å². The first-order chi connectivity index (χ1) is 6.66. The van der Waals surface area contributed by atoms with Gasteiger partial charge in [-0.15, -0.1) is 0 Å². The molecular weight excluding hydrogens is 208 g/mol. The van der Waals surface area contributed by atoms with Gasteiger partial charge in [0.2, 0.25) is 0 Å². The van der Waals surface area contributed by atoms with Crippen molar-refractivity contribution in [2.45, 2.75) is 20.4 Å². The second-order valence-electron chi connectivity index (χ2n) is 2.35. The minimum Gasteiger partial charge on any atom is -0.316 e. The third kappa shape index (κ3) is 3.24. The van der Waals surface area contributed by atoms with E-state index >= 15 is 0 Å². The zero-order valence-corrected chi connectivity index (χ0v) is 9.25. The summed E-state index contributed by atoms with van der Waals surface area (Å²) in [6.07, 6.45) is 0. The first-order valence-corrected chi connectivity index (χ1v) is 4.81. The van der Waals surface area contributed by atoms with Crippen LogP contribution in [0, 0.1) is 11.6 Å². The summed E-state index contributed by atoms with van der Waals surface area (Å²) in [6.45, 7) is 4.22. The van der Waals surface area contributed by atoms with E-state index in [1.807, 2.05) is 13.8 Å². The molecule has 14 heavy (non-hydrogen) atoms. The van der Waals surface area contributed by atoms with Crippen LogP contribution in [-0.4, -0.2) is 7.05 Å². The Morgan fingerprint density at radius 2 is 1.71 bits per heavy atom.